The molecule has 90 valence electrons. The monoisotopic (exact) mass is 223 g/mol. The highest BCUT2D eigenvalue weighted by Crippen LogP contribution is 2.18. The van der Waals surface area contributed by atoms with E-state index in [2.05, 4.69) is 16.1 Å². The number of nitrogens with one attached hydrogen (secondary N) is 1. The lowest BCUT2D eigenvalue weighted by Crippen LogP contribution is -2.46. The topological polar surface area (TPSA) is 58.4 Å². The molecule has 1 aliphatic rings. The van der Waals surface area contributed by atoms with Crippen LogP contribution in [0.4, 0.5) is 0 Å². The maximum absolute atomic E-state index is 11.5. The van der Waals surface area contributed by atoms with Gasteiger partial charge in [-0.3, -0.25) is 9.69 Å². The molecule has 0 spiro atoms. The third-order valence-electron chi connectivity index (χ3n) is 3.04. The fourth-order valence-electron chi connectivity index (χ4n) is 2.07. The smallest absolute Gasteiger partial charge is 0.234 e. The molecule has 2 unspecified atom stereocenters. The number of hydrogen-bond acceptors (Lipinski definition) is 3. The van der Waals surface area contributed by atoms with E-state index in [0.717, 1.165) is 19.5 Å². The number of piperidine rings is 1. The normalized spacial score (nSPS) is 23.4. The molecule has 4 nitrogen and oxygen atoms in total. The largest absolute Gasteiger partial charge is 0.344 e. The highest BCUT2D eigenvalue weighted by atomic mass is 16.2. The van der Waals surface area contributed by atoms with Gasteiger partial charge in [0.25, 0.3) is 0 Å². The van der Waals surface area contributed by atoms with Crippen LogP contribution in [0.1, 0.15) is 19.8 Å². The lowest BCUT2D eigenvalue weighted by Gasteiger charge is -2.34. The van der Waals surface area contributed by atoms with Crippen molar-refractivity contribution in [2.24, 2.45) is 11.7 Å². The van der Waals surface area contributed by atoms with E-state index in [1.54, 1.807) is 0 Å². The predicted octanol–water partition coefficient (Wildman–Crippen LogP) is -0.205. The molecule has 1 heterocycles. The first-order valence-corrected chi connectivity index (χ1v) is 5.81. The molecule has 16 heavy (non-hydrogen) atoms. The van der Waals surface area contributed by atoms with Crippen LogP contribution < -0.4 is 11.1 Å². The number of likely N-dealkylation sites (tertiary alicyclic amines) is 1. The van der Waals surface area contributed by atoms with Crippen LogP contribution in [0.5, 0.6) is 0 Å². The summed E-state index contributed by atoms with van der Waals surface area (Å²) in [6.45, 7) is 4.68. The van der Waals surface area contributed by atoms with Crippen molar-refractivity contribution in [2.45, 2.75) is 25.8 Å². The van der Waals surface area contributed by atoms with Crippen molar-refractivity contribution in [2.75, 3.05) is 26.2 Å². The average molecular weight is 223 g/mol. The molecular formula is C12H21N3O. The first-order chi connectivity index (χ1) is 7.63. The molecule has 1 amide bonds. The number of carbonyl (C=O) groups is 1. The molecular weight excluding hydrogens is 202 g/mol. The zero-order valence-electron chi connectivity index (χ0n) is 9.91. The predicted molar refractivity (Wildman–Crippen MR) is 64.7 cm³/mol. The molecule has 0 aromatic heterocycles. The van der Waals surface area contributed by atoms with Gasteiger partial charge in [-0.25, -0.2) is 0 Å². The van der Waals surface area contributed by atoms with Gasteiger partial charge in [-0.15, -0.1) is 6.42 Å². The van der Waals surface area contributed by atoms with Gasteiger partial charge in [0, 0.05) is 12.6 Å². The van der Waals surface area contributed by atoms with Gasteiger partial charge in [0.05, 0.1) is 13.1 Å². The summed E-state index contributed by atoms with van der Waals surface area (Å²) in [5, 5.41) is 2.68. The quantitative estimate of drug-likeness (QED) is 0.649. The Labute approximate surface area is 97.6 Å². The van der Waals surface area contributed by atoms with Crippen molar-refractivity contribution < 1.29 is 4.79 Å². The van der Waals surface area contributed by atoms with Gasteiger partial charge in [0.2, 0.25) is 5.91 Å². The number of amides is 1. The zero-order chi connectivity index (χ0) is 12.0. The Hall–Kier alpha value is -1.05. The van der Waals surface area contributed by atoms with Crippen molar-refractivity contribution in [1.82, 2.24) is 10.2 Å². The number of rotatable bonds is 4. The molecule has 0 aromatic carbocycles. The minimum Gasteiger partial charge on any atom is -0.344 e. The summed E-state index contributed by atoms with van der Waals surface area (Å²) in [5.74, 6) is 2.90. The molecule has 1 aliphatic heterocycles. The van der Waals surface area contributed by atoms with Crippen LogP contribution in [-0.2, 0) is 4.79 Å². The second-order valence-corrected chi connectivity index (χ2v) is 4.48. The number of carbonyl (C=O) groups excluding carboxylic acids is 1. The summed E-state index contributed by atoms with van der Waals surface area (Å²) >= 11 is 0. The van der Waals surface area contributed by atoms with Crippen LogP contribution in [-0.4, -0.2) is 43.0 Å². The zero-order valence-corrected chi connectivity index (χ0v) is 9.91. The van der Waals surface area contributed by atoms with Crippen LogP contribution >= 0.6 is 0 Å². The van der Waals surface area contributed by atoms with Crippen LogP contribution in [0.25, 0.3) is 0 Å². The van der Waals surface area contributed by atoms with Crippen molar-refractivity contribution >= 4 is 5.91 Å². The minimum atomic E-state index is 0.00303. The van der Waals surface area contributed by atoms with Gasteiger partial charge < -0.3 is 11.1 Å². The minimum absolute atomic E-state index is 0.00303. The Balaban J connectivity index is 2.31. The van der Waals surface area contributed by atoms with E-state index in [9.17, 15) is 4.79 Å². The van der Waals surface area contributed by atoms with Gasteiger partial charge in [-0.1, -0.05) is 5.92 Å². The summed E-state index contributed by atoms with van der Waals surface area (Å²) in [6.07, 6.45) is 7.36. The molecule has 4 heteroatoms. The fraction of sp³-hybridized carbons (Fsp3) is 0.750. The van der Waals surface area contributed by atoms with Crippen molar-refractivity contribution in [3.63, 3.8) is 0 Å². The summed E-state index contributed by atoms with van der Waals surface area (Å²) in [6, 6.07) is 0.205. The summed E-state index contributed by atoms with van der Waals surface area (Å²) < 4.78 is 0. The van der Waals surface area contributed by atoms with Crippen molar-refractivity contribution in [1.29, 1.82) is 0 Å². The van der Waals surface area contributed by atoms with E-state index >= 15 is 0 Å². The van der Waals surface area contributed by atoms with Crippen molar-refractivity contribution in [3.05, 3.63) is 0 Å². The second-order valence-electron chi connectivity index (χ2n) is 4.48. The van der Waals surface area contributed by atoms with Crippen LogP contribution in [0.2, 0.25) is 0 Å². The van der Waals surface area contributed by atoms with Crippen LogP contribution in [0, 0.1) is 18.3 Å². The first kappa shape index (κ1) is 13.0. The molecule has 0 saturated carbocycles. The van der Waals surface area contributed by atoms with Gasteiger partial charge in [-0.05, 0) is 32.2 Å². The van der Waals surface area contributed by atoms with Gasteiger partial charge >= 0.3 is 0 Å². The molecule has 1 saturated heterocycles. The van der Waals surface area contributed by atoms with E-state index < -0.39 is 0 Å². The molecule has 3 N–H and O–H groups in total. The molecule has 0 aromatic rings. The van der Waals surface area contributed by atoms with Crippen molar-refractivity contribution in [3.8, 4) is 12.3 Å². The number of terminal acetylenes is 1. The van der Waals surface area contributed by atoms with E-state index in [1.165, 1.54) is 6.42 Å². The second kappa shape index (κ2) is 6.51. The van der Waals surface area contributed by atoms with Gasteiger partial charge in [-0.2, -0.15) is 0 Å². The summed E-state index contributed by atoms with van der Waals surface area (Å²) in [5.41, 5.74) is 5.89. The highest BCUT2D eigenvalue weighted by Gasteiger charge is 2.23. The lowest BCUT2D eigenvalue weighted by atomic mass is 9.92. The van der Waals surface area contributed by atoms with Gasteiger partial charge in [0.15, 0.2) is 0 Å². The third kappa shape index (κ3) is 4.21. The van der Waals surface area contributed by atoms with Crippen LogP contribution in [0.3, 0.4) is 0 Å². The fourth-order valence-corrected chi connectivity index (χ4v) is 2.07. The number of hydrogen-bond donors (Lipinski definition) is 2. The van der Waals surface area contributed by atoms with E-state index in [1.807, 2.05) is 6.92 Å². The SMILES string of the molecule is C#CCNC(=O)CN1CCCC(C(C)N)C1. The molecule has 1 fully saturated rings. The van der Waals surface area contributed by atoms with Crippen LogP contribution in [0.15, 0.2) is 0 Å². The molecule has 0 radical (unpaired) electrons. The summed E-state index contributed by atoms with van der Waals surface area (Å²) in [4.78, 5) is 13.6. The third-order valence-corrected chi connectivity index (χ3v) is 3.04. The molecule has 0 aliphatic carbocycles. The number of nitrogens with zero attached hydrogens (tertiary/aromatic N) is 1. The maximum atomic E-state index is 11.5. The standard InChI is InChI=1S/C12H21N3O/c1-3-6-14-12(16)9-15-7-4-5-11(8-15)10(2)13/h1,10-11H,4-9,13H2,2H3,(H,14,16). The van der Waals surface area contributed by atoms with E-state index in [-0.39, 0.29) is 11.9 Å². The Morgan fingerprint density at radius 3 is 3.12 bits per heavy atom. The molecule has 0 bridgehead atoms. The first-order valence-electron chi connectivity index (χ1n) is 5.81. The number of nitrogens with two attached hydrogens (primary N) is 1. The maximum Gasteiger partial charge on any atom is 0.234 e. The Morgan fingerprint density at radius 2 is 2.50 bits per heavy atom. The Kier molecular flexibility index (Phi) is 5.30. The Morgan fingerprint density at radius 1 is 1.75 bits per heavy atom. The molecule has 1 rings (SSSR count). The van der Waals surface area contributed by atoms with E-state index in [4.69, 9.17) is 12.2 Å². The summed E-state index contributed by atoms with van der Waals surface area (Å²) in [7, 11) is 0. The highest BCUT2D eigenvalue weighted by molar-refractivity contribution is 5.78. The Bertz CT molecular complexity index is 270. The average Bonchev–Trinajstić information content (AvgIpc) is 2.26. The lowest BCUT2D eigenvalue weighted by molar-refractivity contribution is -0.122. The molecule has 2 atom stereocenters. The van der Waals surface area contributed by atoms with Gasteiger partial charge in [0.1, 0.15) is 0 Å². The van der Waals surface area contributed by atoms with E-state index in [0.29, 0.717) is 19.0 Å².